The van der Waals surface area contributed by atoms with E-state index in [1.807, 2.05) is 0 Å². The molecule has 0 saturated heterocycles. The van der Waals surface area contributed by atoms with Gasteiger partial charge in [-0.3, -0.25) is 0 Å². The second-order valence-electron chi connectivity index (χ2n) is 5.24. The SMILES string of the molecule is CC(C)C1(CNS(=O)(=O)N(C)CCCO)CC1. The molecule has 102 valence electrons. The van der Waals surface area contributed by atoms with Gasteiger partial charge in [0.05, 0.1) is 0 Å². The normalized spacial score (nSPS) is 18.9. The maximum absolute atomic E-state index is 11.9. The van der Waals surface area contributed by atoms with Gasteiger partial charge in [-0.2, -0.15) is 12.7 Å². The summed E-state index contributed by atoms with van der Waals surface area (Å²) >= 11 is 0. The molecule has 6 heteroatoms. The molecule has 0 aromatic carbocycles. The second kappa shape index (κ2) is 5.65. The minimum Gasteiger partial charge on any atom is -0.396 e. The summed E-state index contributed by atoms with van der Waals surface area (Å²) < 4.78 is 27.7. The molecule has 1 fully saturated rings. The number of aliphatic hydroxyl groups is 1. The van der Waals surface area contributed by atoms with Crippen molar-refractivity contribution in [3.05, 3.63) is 0 Å². The molecule has 1 saturated carbocycles. The van der Waals surface area contributed by atoms with Crippen LogP contribution < -0.4 is 4.72 Å². The first-order chi connectivity index (χ1) is 7.84. The van der Waals surface area contributed by atoms with E-state index in [1.165, 1.54) is 11.4 Å². The smallest absolute Gasteiger partial charge is 0.279 e. The molecule has 0 amide bonds. The third-order valence-corrected chi connectivity index (χ3v) is 5.28. The highest BCUT2D eigenvalue weighted by Crippen LogP contribution is 2.51. The Morgan fingerprint density at radius 3 is 2.41 bits per heavy atom. The van der Waals surface area contributed by atoms with Crippen molar-refractivity contribution in [2.45, 2.75) is 33.1 Å². The molecule has 17 heavy (non-hydrogen) atoms. The Morgan fingerprint density at radius 2 is 2.00 bits per heavy atom. The van der Waals surface area contributed by atoms with Crippen LogP contribution in [0.5, 0.6) is 0 Å². The molecule has 2 N–H and O–H groups in total. The zero-order valence-electron chi connectivity index (χ0n) is 10.9. The largest absolute Gasteiger partial charge is 0.396 e. The van der Waals surface area contributed by atoms with Crippen molar-refractivity contribution in [2.75, 3.05) is 26.7 Å². The van der Waals surface area contributed by atoms with Crippen molar-refractivity contribution in [3.8, 4) is 0 Å². The zero-order chi connectivity index (χ0) is 13.1. The molecule has 0 spiro atoms. The number of hydrogen-bond acceptors (Lipinski definition) is 3. The number of nitrogens with one attached hydrogen (secondary N) is 1. The molecule has 1 aliphatic carbocycles. The monoisotopic (exact) mass is 264 g/mol. The molecule has 0 aromatic heterocycles. The molecule has 0 aliphatic heterocycles. The fraction of sp³-hybridized carbons (Fsp3) is 1.00. The molecule has 0 atom stereocenters. The summed E-state index contributed by atoms with van der Waals surface area (Å²) in [5.74, 6) is 0.507. The lowest BCUT2D eigenvalue weighted by molar-refractivity contribution is 0.274. The first-order valence-electron chi connectivity index (χ1n) is 6.16. The van der Waals surface area contributed by atoms with Gasteiger partial charge in [-0.05, 0) is 30.6 Å². The van der Waals surface area contributed by atoms with Gasteiger partial charge in [-0.15, -0.1) is 0 Å². The average Bonchev–Trinajstić information content (AvgIpc) is 3.04. The summed E-state index contributed by atoms with van der Waals surface area (Å²) in [6, 6.07) is 0. The Kier molecular flexibility index (Phi) is 4.95. The van der Waals surface area contributed by atoms with Gasteiger partial charge in [0.25, 0.3) is 10.2 Å². The van der Waals surface area contributed by atoms with E-state index in [0.29, 0.717) is 25.4 Å². The van der Waals surface area contributed by atoms with Gasteiger partial charge in [-0.25, -0.2) is 4.72 Å². The Morgan fingerprint density at radius 1 is 1.41 bits per heavy atom. The number of nitrogens with zero attached hydrogens (tertiary/aromatic N) is 1. The lowest BCUT2D eigenvalue weighted by Crippen LogP contribution is -2.42. The quantitative estimate of drug-likeness (QED) is 0.673. The molecule has 5 nitrogen and oxygen atoms in total. The second-order valence-corrected chi connectivity index (χ2v) is 7.10. The Hall–Kier alpha value is -0.170. The van der Waals surface area contributed by atoms with E-state index in [4.69, 9.17) is 5.11 Å². The maximum atomic E-state index is 11.9. The van der Waals surface area contributed by atoms with Crippen molar-refractivity contribution in [2.24, 2.45) is 11.3 Å². The van der Waals surface area contributed by atoms with Crippen molar-refractivity contribution >= 4 is 10.2 Å². The van der Waals surface area contributed by atoms with E-state index >= 15 is 0 Å². The predicted molar refractivity (Wildman–Crippen MR) is 67.8 cm³/mol. The summed E-state index contributed by atoms with van der Waals surface area (Å²) in [5, 5.41) is 8.68. The van der Waals surface area contributed by atoms with E-state index in [1.54, 1.807) is 0 Å². The van der Waals surface area contributed by atoms with Crippen molar-refractivity contribution in [1.29, 1.82) is 0 Å². The van der Waals surface area contributed by atoms with Crippen LogP contribution >= 0.6 is 0 Å². The highest BCUT2D eigenvalue weighted by molar-refractivity contribution is 7.87. The van der Waals surface area contributed by atoms with Gasteiger partial charge in [0.15, 0.2) is 0 Å². The van der Waals surface area contributed by atoms with Gasteiger partial charge in [-0.1, -0.05) is 13.8 Å². The molecule has 0 unspecified atom stereocenters. The topological polar surface area (TPSA) is 69.6 Å². The molecule has 0 aromatic rings. The lowest BCUT2D eigenvalue weighted by Gasteiger charge is -2.23. The third-order valence-electron chi connectivity index (χ3n) is 3.77. The van der Waals surface area contributed by atoms with Crippen LogP contribution in [0.25, 0.3) is 0 Å². The van der Waals surface area contributed by atoms with E-state index in [9.17, 15) is 8.42 Å². The summed E-state index contributed by atoms with van der Waals surface area (Å²) in [4.78, 5) is 0. The summed E-state index contributed by atoms with van der Waals surface area (Å²) in [5.41, 5.74) is 0.172. The first-order valence-corrected chi connectivity index (χ1v) is 7.60. The lowest BCUT2D eigenvalue weighted by atomic mass is 9.93. The summed E-state index contributed by atoms with van der Waals surface area (Å²) in [7, 11) is -1.85. The van der Waals surface area contributed by atoms with Crippen LogP contribution in [0.3, 0.4) is 0 Å². The number of aliphatic hydroxyl groups excluding tert-OH is 1. The molecular weight excluding hydrogens is 240 g/mol. The fourth-order valence-electron chi connectivity index (χ4n) is 1.88. The van der Waals surface area contributed by atoms with Crippen molar-refractivity contribution in [3.63, 3.8) is 0 Å². The van der Waals surface area contributed by atoms with Gasteiger partial charge in [0.2, 0.25) is 0 Å². The minimum absolute atomic E-state index is 0.00971. The van der Waals surface area contributed by atoms with E-state index in [2.05, 4.69) is 18.6 Å². The molecule has 0 bridgehead atoms. The Bertz CT molecular complexity index is 337. The van der Waals surface area contributed by atoms with Crippen LogP contribution in [-0.4, -0.2) is 44.6 Å². The third kappa shape index (κ3) is 3.91. The maximum Gasteiger partial charge on any atom is 0.279 e. The predicted octanol–water partition coefficient (Wildman–Crippen LogP) is 0.571. The standard InChI is InChI=1S/C11H24N2O3S/c1-10(2)11(5-6-11)9-12-17(15,16)13(3)7-4-8-14/h10,12,14H,4-9H2,1-3H3. The first kappa shape index (κ1) is 14.9. The van der Waals surface area contributed by atoms with Crippen LogP contribution in [0.4, 0.5) is 0 Å². The van der Waals surface area contributed by atoms with E-state index < -0.39 is 10.2 Å². The van der Waals surface area contributed by atoms with Crippen LogP contribution in [0, 0.1) is 11.3 Å². The fourth-order valence-corrected chi connectivity index (χ4v) is 2.94. The van der Waals surface area contributed by atoms with Gasteiger partial charge in [0, 0.05) is 26.7 Å². The highest BCUT2D eigenvalue weighted by Gasteiger charge is 2.45. The van der Waals surface area contributed by atoms with E-state index in [-0.39, 0.29) is 12.0 Å². The minimum atomic E-state index is -3.39. The molecule has 1 rings (SSSR count). The molecular formula is C11H24N2O3S. The van der Waals surface area contributed by atoms with Crippen molar-refractivity contribution in [1.82, 2.24) is 9.03 Å². The van der Waals surface area contributed by atoms with Gasteiger partial charge in [0.1, 0.15) is 0 Å². The van der Waals surface area contributed by atoms with Gasteiger partial charge < -0.3 is 5.11 Å². The van der Waals surface area contributed by atoms with Crippen LogP contribution in [0.1, 0.15) is 33.1 Å². The Labute approximate surface area is 104 Å². The average molecular weight is 264 g/mol. The highest BCUT2D eigenvalue weighted by atomic mass is 32.2. The zero-order valence-corrected chi connectivity index (χ0v) is 11.8. The van der Waals surface area contributed by atoms with Gasteiger partial charge >= 0.3 is 0 Å². The van der Waals surface area contributed by atoms with Crippen molar-refractivity contribution < 1.29 is 13.5 Å². The molecule has 1 aliphatic rings. The van der Waals surface area contributed by atoms with Crippen LogP contribution in [0.15, 0.2) is 0 Å². The number of hydrogen-bond donors (Lipinski definition) is 2. The Balaban J connectivity index is 2.44. The molecule has 0 heterocycles. The van der Waals surface area contributed by atoms with E-state index in [0.717, 1.165) is 12.8 Å². The number of rotatable bonds is 8. The summed E-state index contributed by atoms with van der Waals surface area (Å²) in [6.45, 7) is 5.15. The van der Waals surface area contributed by atoms with Crippen LogP contribution in [0.2, 0.25) is 0 Å². The van der Waals surface area contributed by atoms with Crippen LogP contribution in [-0.2, 0) is 10.2 Å². The molecule has 0 radical (unpaired) electrons. The summed E-state index contributed by atoms with van der Waals surface area (Å²) in [6.07, 6.45) is 2.67.